The van der Waals surface area contributed by atoms with E-state index in [0.29, 0.717) is 12.2 Å². The zero-order chi connectivity index (χ0) is 21.0. The molecule has 0 saturated heterocycles. The van der Waals surface area contributed by atoms with Gasteiger partial charge < -0.3 is 19.7 Å². The van der Waals surface area contributed by atoms with E-state index in [1.54, 1.807) is 32.4 Å². The molecule has 2 aromatic carbocycles. The first-order valence-electron chi connectivity index (χ1n) is 9.03. The van der Waals surface area contributed by atoms with E-state index in [4.69, 9.17) is 9.47 Å². The van der Waals surface area contributed by atoms with Crippen molar-refractivity contribution in [3.63, 3.8) is 0 Å². The predicted molar refractivity (Wildman–Crippen MR) is 110 cm³/mol. The van der Waals surface area contributed by atoms with Crippen LogP contribution >= 0.6 is 11.8 Å². The SMILES string of the molecule is COc1ccc(CN(C)C(=O)COC(=O)c2ccc3c(c2)NC(=O)[C@@H](C)S3)cc1. The zero-order valence-electron chi connectivity index (χ0n) is 16.4. The maximum atomic E-state index is 12.3. The third kappa shape index (κ3) is 5.08. The molecule has 0 saturated carbocycles. The standard InChI is InChI=1S/C21H22N2O5S/c1-13-20(25)22-17-10-15(6-9-18(17)29-13)21(26)28-12-19(24)23(2)11-14-4-7-16(27-3)8-5-14/h4-10,13H,11-12H2,1-3H3,(H,22,25)/t13-/m1/s1. The summed E-state index contributed by atoms with van der Waals surface area (Å²) in [5, 5.41) is 2.59. The average molecular weight is 414 g/mol. The van der Waals surface area contributed by atoms with Gasteiger partial charge in [0.25, 0.3) is 5.91 Å². The van der Waals surface area contributed by atoms with E-state index in [1.807, 2.05) is 31.2 Å². The molecule has 2 amide bonds. The number of nitrogens with zero attached hydrogens (tertiary/aromatic N) is 1. The number of ether oxygens (including phenoxy) is 2. The Kier molecular flexibility index (Phi) is 6.43. The quantitative estimate of drug-likeness (QED) is 0.732. The van der Waals surface area contributed by atoms with Crippen LogP contribution in [0.4, 0.5) is 5.69 Å². The van der Waals surface area contributed by atoms with E-state index in [1.165, 1.54) is 16.7 Å². The number of amides is 2. The molecule has 1 aliphatic heterocycles. The van der Waals surface area contributed by atoms with E-state index in [9.17, 15) is 14.4 Å². The molecule has 0 spiro atoms. The number of carbonyl (C=O) groups excluding carboxylic acids is 3. The van der Waals surface area contributed by atoms with E-state index in [-0.39, 0.29) is 29.2 Å². The molecule has 29 heavy (non-hydrogen) atoms. The molecule has 2 aromatic rings. The van der Waals surface area contributed by atoms with Gasteiger partial charge in [-0.2, -0.15) is 0 Å². The van der Waals surface area contributed by atoms with Crippen LogP contribution in [-0.2, 0) is 20.9 Å². The van der Waals surface area contributed by atoms with Gasteiger partial charge in [0.05, 0.1) is 23.6 Å². The molecular formula is C21H22N2O5S. The maximum absolute atomic E-state index is 12.3. The van der Waals surface area contributed by atoms with Crippen LogP contribution in [-0.4, -0.2) is 48.7 Å². The summed E-state index contributed by atoms with van der Waals surface area (Å²) in [4.78, 5) is 38.8. The van der Waals surface area contributed by atoms with Crippen LogP contribution in [0.3, 0.4) is 0 Å². The van der Waals surface area contributed by atoms with Crippen molar-refractivity contribution in [2.75, 3.05) is 26.1 Å². The van der Waals surface area contributed by atoms with Crippen molar-refractivity contribution in [2.45, 2.75) is 23.6 Å². The van der Waals surface area contributed by atoms with Gasteiger partial charge in [-0.05, 0) is 42.8 Å². The molecule has 0 unspecified atom stereocenters. The van der Waals surface area contributed by atoms with Gasteiger partial charge in [0.2, 0.25) is 5.91 Å². The van der Waals surface area contributed by atoms with E-state index in [0.717, 1.165) is 16.2 Å². The molecule has 0 aromatic heterocycles. The highest BCUT2D eigenvalue weighted by Gasteiger charge is 2.24. The number of fused-ring (bicyclic) bond motifs is 1. The predicted octanol–water partition coefficient (Wildman–Crippen LogP) is 2.94. The average Bonchev–Trinajstić information content (AvgIpc) is 2.72. The van der Waals surface area contributed by atoms with Crippen LogP contribution in [0.25, 0.3) is 0 Å². The molecule has 1 N–H and O–H groups in total. The number of thioether (sulfide) groups is 1. The lowest BCUT2D eigenvalue weighted by atomic mass is 10.2. The second-order valence-electron chi connectivity index (χ2n) is 6.63. The Morgan fingerprint density at radius 3 is 2.59 bits per heavy atom. The minimum atomic E-state index is -0.614. The summed E-state index contributed by atoms with van der Waals surface area (Å²) in [6.07, 6.45) is 0. The molecular weight excluding hydrogens is 392 g/mol. The summed E-state index contributed by atoms with van der Waals surface area (Å²) in [5.74, 6) is -0.296. The number of rotatable bonds is 6. The fourth-order valence-corrected chi connectivity index (χ4v) is 3.68. The molecule has 1 aliphatic rings. The highest BCUT2D eigenvalue weighted by Crippen LogP contribution is 2.36. The molecule has 0 aliphatic carbocycles. The first kappa shape index (κ1) is 20.7. The minimum absolute atomic E-state index is 0.108. The van der Waals surface area contributed by atoms with Gasteiger partial charge in [0.15, 0.2) is 6.61 Å². The van der Waals surface area contributed by atoms with E-state index < -0.39 is 5.97 Å². The van der Waals surface area contributed by atoms with Gasteiger partial charge in [-0.1, -0.05) is 12.1 Å². The Morgan fingerprint density at radius 1 is 1.17 bits per heavy atom. The van der Waals surface area contributed by atoms with Crippen LogP contribution in [0.5, 0.6) is 5.75 Å². The molecule has 3 rings (SSSR count). The van der Waals surface area contributed by atoms with Gasteiger partial charge >= 0.3 is 5.97 Å². The maximum Gasteiger partial charge on any atom is 0.338 e. The largest absolute Gasteiger partial charge is 0.497 e. The summed E-state index contributed by atoms with van der Waals surface area (Å²) < 4.78 is 10.3. The van der Waals surface area contributed by atoms with Gasteiger partial charge in [-0.15, -0.1) is 11.8 Å². The van der Waals surface area contributed by atoms with Crippen LogP contribution in [0.1, 0.15) is 22.8 Å². The van der Waals surface area contributed by atoms with Gasteiger partial charge in [0, 0.05) is 18.5 Å². The second kappa shape index (κ2) is 9.00. The molecule has 0 radical (unpaired) electrons. The van der Waals surface area contributed by atoms with Crippen molar-refractivity contribution in [3.05, 3.63) is 53.6 Å². The molecule has 8 heteroatoms. The number of likely N-dealkylation sites (N-methyl/N-ethyl adjacent to an activating group) is 1. The van der Waals surface area contributed by atoms with Crippen LogP contribution < -0.4 is 10.1 Å². The fourth-order valence-electron chi connectivity index (χ4n) is 2.75. The van der Waals surface area contributed by atoms with Crippen LogP contribution in [0.2, 0.25) is 0 Å². The Labute approximate surface area is 173 Å². The van der Waals surface area contributed by atoms with E-state index in [2.05, 4.69) is 5.32 Å². The number of hydrogen-bond acceptors (Lipinski definition) is 6. The normalized spacial score (nSPS) is 15.1. The molecule has 0 fully saturated rings. The third-order valence-corrected chi connectivity index (χ3v) is 5.65. The first-order valence-corrected chi connectivity index (χ1v) is 9.91. The third-order valence-electron chi connectivity index (χ3n) is 4.48. The van der Waals surface area contributed by atoms with Crippen molar-refractivity contribution in [3.8, 4) is 5.75 Å². The summed E-state index contributed by atoms with van der Waals surface area (Å²) in [5.41, 5.74) is 1.80. The lowest BCUT2D eigenvalue weighted by molar-refractivity contribution is -0.133. The number of methoxy groups -OCH3 is 1. The highest BCUT2D eigenvalue weighted by molar-refractivity contribution is 8.00. The highest BCUT2D eigenvalue weighted by atomic mass is 32.2. The molecule has 152 valence electrons. The number of anilines is 1. The number of esters is 1. The van der Waals surface area contributed by atoms with Crippen molar-refractivity contribution in [1.29, 1.82) is 0 Å². The lowest BCUT2D eigenvalue weighted by Crippen LogP contribution is -2.31. The van der Waals surface area contributed by atoms with Crippen LogP contribution in [0, 0.1) is 0 Å². The lowest BCUT2D eigenvalue weighted by Gasteiger charge is -2.21. The van der Waals surface area contributed by atoms with Crippen molar-refractivity contribution in [2.24, 2.45) is 0 Å². The molecule has 1 heterocycles. The zero-order valence-corrected chi connectivity index (χ0v) is 17.2. The van der Waals surface area contributed by atoms with E-state index >= 15 is 0 Å². The molecule has 0 bridgehead atoms. The summed E-state index contributed by atoms with van der Waals surface area (Å²) in [6.45, 7) is 1.85. The summed E-state index contributed by atoms with van der Waals surface area (Å²) >= 11 is 1.43. The van der Waals surface area contributed by atoms with Crippen molar-refractivity contribution < 1.29 is 23.9 Å². The Bertz CT molecular complexity index is 929. The molecule has 1 atom stereocenters. The summed E-state index contributed by atoms with van der Waals surface area (Å²) in [7, 11) is 3.24. The van der Waals surface area contributed by atoms with Crippen molar-refractivity contribution in [1.82, 2.24) is 4.90 Å². The minimum Gasteiger partial charge on any atom is -0.497 e. The first-order chi connectivity index (χ1) is 13.9. The molecule has 7 nitrogen and oxygen atoms in total. The Balaban J connectivity index is 1.55. The smallest absolute Gasteiger partial charge is 0.338 e. The monoisotopic (exact) mass is 414 g/mol. The topological polar surface area (TPSA) is 84.9 Å². The van der Waals surface area contributed by atoms with Crippen molar-refractivity contribution >= 4 is 35.2 Å². The number of carbonyl (C=O) groups is 3. The van der Waals surface area contributed by atoms with Gasteiger partial charge in [0.1, 0.15) is 5.75 Å². The Hall–Kier alpha value is -3.00. The summed E-state index contributed by atoms with van der Waals surface area (Å²) in [6, 6.07) is 12.3. The van der Waals surface area contributed by atoms with Gasteiger partial charge in [-0.25, -0.2) is 4.79 Å². The van der Waals surface area contributed by atoms with Crippen LogP contribution in [0.15, 0.2) is 47.4 Å². The second-order valence-corrected chi connectivity index (χ2v) is 8.02. The van der Waals surface area contributed by atoms with Gasteiger partial charge in [-0.3, -0.25) is 9.59 Å². The number of nitrogens with one attached hydrogen (secondary N) is 1. The Morgan fingerprint density at radius 2 is 1.90 bits per heavy atom. The number of benzene rings is 2. The number of hydrogen-bond donors (Lipinski definition) is 1. The fraction of sp³-hybridized carbons (Fsp3) is 0.286.